The van der Waals surface area contributed by atoms with Crippen molar-refractivity contribution in [3.05, 3.63) is 34.9 Å². The van der Waals surface area contributed by atoms with E-state index in [1.807, 2.05) is 13.0 Å². The molecular formula is C14H16N2O3S. The summed E-state index contributed by atoms with van der Waals surface area (Å²) in [6, 6.07) is 6.61. The van der Waals surface area contributed by atoms with Crippen LogP contribution < -0.4 is 5.32 Å². The van der Waals surface area contributed by atoms with Gasteiger partial charge in [0.05, 0.1) is 11.6 Å². The van der Waals surface area contributed by atoms with Crippen LogP contribution in [-0.2, 0) is 15.3 Å². The summed E-state index contributed by atoms with van der Waals surface area (Å²) in [5, 5.41) is 20.2. The van der Waals surface area contributed by atoms with Gasteiger partial charge in [-0.2, -0.15) is 17.0 Å². The quantitative estimate of drug-likeness (QED) is 0.832. The lowest BCUT2D eigenvalue weighted by Crippen LogP contribution is -2.41. The van der Waals surface area contributed by atoms with Crippen molar-refractivity contribution in [2.45, 2.75) is 25.6 Å². The molecule has 5 nitrogen and oxygen atoms in total. The predicted molar refractivity (Wildman–Crippen MR) is 77.3 cm³/mol. The first-order valence-electron chi connectivity index (χ1n) is 6.01. The molecule has 106 valence electrons. The average molecular weight is 292 g/mol. The minimum Gasteiger partial charge on any atom is -0.480 e. The van der Waals surface area contributed by atoms with Gasteiger partial charge in [0.2, 0.25) is 5.91 Å². The van der Waals surface area contributed by atoms with Crippen LogP contribution in [0.3, 0.4) is 0 Å². The number of aryl methyl sites for hydroxylation is 1. The molecule has 1 aromatic carbocycles. The maximum Gasteiger partial charge on any atom is 0.327 e. The molecule has 1 amide bonds. The molecule has 1 atom stereocenters. The average Bonchev–Trinajstić information content (AvgIpc) is 2.38. The highest BCUT2D eigenvalue weighted by molar-refractivity contribution is 7.98. The Morgan fingerprint density at radius 2 is 2.20 bits per heavy atom. The van der Waals surface area contributed by atoms with Gasteiger partial charge in [0.25, 0.3) is 0 Å². The third kappa shape index (κ3) is 4.94. The minimum absolute atomic E-state index is 0.300. The molecule has 0 radical (unpaired) electrons. The summed E-state index contributed by atoms with van der Waals surface area (Å²) in [4.78, 5) is 21.9. The summed E-state index contributed by atoms with van der Waals surface area (Å²) in [5.41, 5.74) is 2.67. The monoisotopic (exact) mass is 292 g/mol. The molecule has 0 aromatic heterocycles. The Labute approximate surface area is 122 Å². The van der Waals surface area contributed by atoms with E-state index < -0.39 is 12.0 Å². The number of hydrogen-bond acceptors (Lipinski definition) is 4. The van der Waals surface area contributed by atoms with E-state index in [-0.39, 0.29) is 5.91 Å². The number of nitrogens with one attached hydrogen (secondary N) is 1. The van der Waals surface area contributed by atoms with Crippen molar-refractivity contribution in [1.82, 2.24) is 5.32 Å². The summed E-state index contributed by atoms with van der Waals surface area (Å²) in [7, 11) is 0. The molecular weight excluding hydrogens is 276 g/mol. The zero-order chi connectivity index (χ0) is 15.1. The van der Waals surface area contributed by atoms with E-state index in [2.05, 4.69) is 11.4 Å². The molecule has 0 bridgehead atoms. The fourth-order valence-electron chi connectivity index (χ4n) is 1.63. The number of nitriles is 1. The van der Waals surface area contributed by atoms with Crippen molar-refractivity contribution in [2.75, 3.05) is 5.75 Å². The van der Waals surface area contributed by atoms with Crippen molar-refractivity contribution in [1.29, 1.82) is 5.26 Å². The molecule has 1 unspecified atom stereocenters. The fraction of sp³-hybridized carbons (Fsp3) is 0.357. The second kappa shape index (κ2) is 7.56. The van der Waals surface area contributed by atoms with Gasteiger partial charge in [-0.15, -0.1) is 0 Å². The molecule has 0 heterocycles. The summed E-state index contributed by atoms with van der Waals surface area (Å²) in [6.45, 7) is 3.21. The Morgan fingerprint density at radius 3 is 2.70 bits per heavy atom. The zero-order valence-electron chi connectivity index (χ0n) is 11.3. The third-order valence-corrected chi connectivity index (χ3v) is 3.77. The number of nitrogens with zero attached hydrogens (tertiary/aromatic N) is 1. The van der Waals surface area contributed by atoms with Gasteiger partial charge < -0.3 is 10.4 Å². The Morgan fingerprint density at radius 1 is 1.50 bits per heavy atom. The molecule has 2 N–H and O–H groups in total. The smallest absolute Gasteiger partial charge is 0.327 e. The number of benzene rings is 1. The molecule has 20 heavy (non-hydrogen) atoms. The van der Waals surface area contributed by atoms with Crippen molar-refractivity contribution in [3.8, 4) is 6.07 Å². The molecule has 0 fully saturated rings. The van der Waals surface area contributed by atoms with Crippen LogP contribution >= 0.6 is 11.8 Å². The number of carboxylic acid groups (broad SMARTS) is 1. The number of amides is 1. The van der Waals surface area contributed by atoms with Gasteiger partial charge in [-0.1, -0.05) is 6.07 Å². The van der Waals surface area contributed by atoms with E-state index in [9.17, 15) is 9.59 Å². The first kappa shape index (κ1) is 16.1. The molecule has 0 aliphatic heterocycles. The molecule has 6 heteroatoms. The maximum atomic E-state index is 11.0. The highest BCUT2D eigenvalue weighted by Crippen LogP contribution is 2.18. The lowest BCUT2D eigenvalue weighted by atomic mass is 10.1. The molecule has 0 saturated carbocycles. The first-order chi connectivity index (χ1) is 9.43. The van der Waals surface area contributed by atoms with E-state index in [0.29, 0.717) is 17.1 Å². The van der Waals surface area contributed by atoms with Crippen LogP contribution in [0.15, 0.2) is 18.2 Å². The van der Waals surface area contributed by atoms with Gasteiger partial charge in [-0.3, -0.25) is 4.79 Å². The number of carbonyl (C=O) groups is 2. The highest BCUT2D eigenvalue weighted by Gasteiger charge is 2.18. The number of carboxylic acids is 1. The maximum absolute atomic E-state index is 11.0. The number of carbonyl (C=O) groups excluding carboxylic acids is 1. The largest absolute Gasteiger partial charge is 0.480 e. The van der Waals surface area contributed by atoms with Crippen LogP contribution in [0.4, 0.5) is 0 Å². The molecule has 0 saturated heterocycles. The standard InChI is InChI=1S/C14H16N2O3S/c1-9-5-11(6-15)3-4-12(9)7-20-8-13(14(18)19)16-10(2)17/h3-5,13H,7-8H2,1-2H3,(H,16,17)(H,18,19). The number of aliphatic carboxylic acids is 1. The second-order valence-corrected chi connectivity index (χ2v) is 5.39. The van der Waals surface area contributed by atoms with Crippen LogP contribution in [0.25, 0.3) is 0 Å². The lowest BCUT2D eigenvalue weighted by Gasteiger charge is -2.13. The van der Waals surface area contributed by atoms with Gasteiger partial charge in [-0.25, -0.2) is 4.79 Å². The van der Waals surface area contributed by atoms with Crippen molar-refractivity contribution >= 4 is 23.6 Å². The molecule has 1 aromatic rings. The fourth-order valence-corrected chi connectivity index (χ4v) is 2.76. The third-order valence-electron chi connectivity index (χ3n) is 2.69. The van der Waals surface area contributed by atoms with Crippen LogP contribution in [-0.4, -0.2) is 28.8 Å². The SMILES string of the molecule is CC(=O)NC(CSCc1ccc(C#N)cc1C)C(=O)O. The van der Waals surface area contributed by atoms with E-state index in [4.69, 9.17) is 10.4 Å². The lowest BCUT2D eigenvalue weighted by molar-refractivity contribution is -0.140. The summed E-state index contributed by atoms with van der Waals surface area (Å²) < 4.78 is 0. The zero-order valence-corrected chi connectivity index (χ0v) is 12.2. The van der Waals surface area contributed by atoms with E-state index >= 15 is 0 Å². The number of thioether (sulfide) groups is 1. The van der Waals surface area contributed by atoms with Crippen LogP contribution in [0.5, 0.6) is 0 Å². The van der Waals surface area contributed by atoms with Crippen LogP contribution in [0.2, 0.25) is 0 Å². The van der Waals surface area contributed by atoms with Crippen LogP contribution in [0.1, 0.15) is 23.6 Å². The van der Waals surface area contributed by atoms with Gasteiger partial charge in [0, 0.05) is 18.4 Å². The summed E-state index contributed by atoms with van der Waals surface area (Å²) >= 11 is 1.43. The number of rotatable bonds is 6. The van der Waals surface area contributed by atoms with Crippen molar-refractivity contribution in [2.24, 2.45) is 0 Å². The van der Waals surface area contributed by atoms with Crippen molar-refractivity contribution < 1.29 is 14.7 Å². The topological polar surface area (TPSA) is 90.2 Å². The predicted octanol–water partition coefficient (Wildman–Crippen LogP) is 1.69. The summed E-state index contributed by atoms with van der Waals surface area (Å²) in [5.74, 6) is -0.452. The molecule has 0 spiro atoms. The van der Waals surface area contributed by atoms with Gasteiger partial charge >= 0.3 is 5.97 Å². The summed E-state index contributed by atoms with van der Waals surface area (Å²) in [6.07, 6.45) is 0. The molecule has 1 rings (SSSR count). The number of hydrogen-bond donors (Lipinski definition) is 2. The van der Waals surface area contributed by atoms with E-state index in [1.54, 1.807) is 12.1 Å². The Kier molecular flexibility index (Phi) is 6.07. The highest BCUT2D eigenvalue weighted by atomic mass is 32.2. The van der Waals surface area contributed by atoms with Crippen LogP contribution in [0, 0.1) is 18.3 Å². The van der Waals surface area contributed by atoms with Gasteiger partial charge in [-0.05, 0) is 30.2 Å². The molecule has 0 aliphatic carbocycles. The van der Waals surface area contributed by atoms with Crippen molar-refractivity contribution in [3.63, 3.8) is 0 Å². The van der Waals surface area contributed by atoms with E-state index in [0.717, 1.165) is 11.1 Å². The Bertz CT molecular complexity index is 552. The second-order valence-electron chi connectivity index (χ2n) is 4.36. The molecule has 0 aliphatic rings. The van der Waals surface area contributed by atoms with Gasteiger partial charge in [0.1, 0.15) is 6.04 Å². The first-order valence-corrected chi connectivity index (χ1v) is 7.16. The van der Waals surface area contributed by atoms with Gasteiger partial charge in [0.15, 0.2) is 0 Å². The van der Waals surface area contributed by atoms with E-state index in [1.165, 1.54) is 18.7 Å². The Hall–Kier alpha value is -2.00. The normalized spacial score (nSPS) is 11.4. The minimum atomic E-state index is -1.04. The Balaban J connectivity index is 2.57.